The molecule has 1 aliphatic heterocycles. The monoisotopic (exact) mass is 277 g/mol. The Kier molecular flexibility index (Phi) is 5.24. The van der Waals surface area contributed by atoms with Gasteiger partial charge in [-0.1, -0.05) is 6.92 Å². The van der Waals surface area contributed by atoms with Gasteiger partial charge in [-0.25, -0.2) is 4.79 Å². The van der Waals surface area contributed by atoms with Crippen LogP contribution in [0.1, 0.15) is 19.8 Å². The second kappa shape index (κ2) is 7.14. The minimum Gasteiger partial charge on any atom is -0.492 e. The Morgan fingerprint density at radius 3 is 2.85 bits per heavy atom. The van der Waals surface area contributed by atoms with Crippen molar-refractivity contribution < 1.29 is 9.53 Å². The maximum atomic E-state index is 12.1. The van der Waals surface area contributed by atoms with Gasteiger partial charge in [-0.05, 0) is 43.0 Å². The second-order valence-corrected chi connectivity index (χ2v) is 5.29. The molecule has 20 heavy (non-hydrogen) atoms. The first-order chi connectivity index (χ1) is 9.69. The van der Waals surface area contributed by atoms with Gasteiger partial charge in [0.05, 0.1) is 0 Å². The number of urea groups is 1. The number of nitrogens with two attached hydrogens (primary N) is 1. The lowest BCUT2D eigenvalue weighted by atomic mass is 10.0. The second-order valence-electron chi connectivity index (χ2n) is 5.29. The van der Waals surface area contributed by atoms with Crippen LogP contribution in [-0.2, 0) is 0 Å². The highest BCUT2D eigenvalue weighted by atomic mass is 16.5. The van der Waals surface area contributed by atoms with E-state index in [1.807, 2.05) is 29.2 Å². The molecular weight excluding hydrogens is 254 g/mol. The van der Waals surface area contributed by atoms with E-state index in [2.05, 4.69) is 12.2 Å². The summed E-state index contributed by atoms with van der Waals surface area (Å²) in [6.07, 6.45) is 2.29. The molecule has 2 amide bonds. The molecule has 0 bridgehead atoms. The van der Waals surface area contributed by atoms with Crippen LogP contribution in [-0.4, -0.2) is 37.2 Å². The first-order valence-electron chi connectivity index (χ1n) is 7.18. The van der Waals surface area contributed by atoms with E-state index in [0.29, 0.717) is 19.1 Å². The van der Waals surface area contributed by atoms with Crippen LogP contribution in [0.25, 0.3) is 0 Å². The van der Waals surface area contributed by atoms with E-state index >= 15 is 0 Å². The van der Waals surface area contributed by atoms with Crippen molar-refractivity contribution in [3.05, 3.63) is 24.3 Å². The molecule has 5 nitrogen and oxygen atoms in total. The maximum absolute atomic E-state index is 12.1. The maximum Gasteiger partial charge on any atom is 0.321 e. The van der Waals surface area contributed by atoms with Crippen molar-refractivity contribution in [3.8, 4) is 5.75 Å². The minimum absolute atomic E-state index is 0.0211. The number of anilines is 1. The highest BCUT2D eigenvalue weighted by molar-refractivity contribution is 5.89. The molecule has 110 valence electrons. The summed E-state index contributed by atoms with van der Waals surface area (Å²) in [4.78, 5) is 14.0. The van der Waals surface area contributed by atoms with Gasteiger partial charge in [-0.2, -0.15) is 0 Å². The summed E-state index contributed by atoms with van der Waals surface area (Å²) in [6.45, 7) is 4.85. The molecule has 0 aromatic heterocycles. The normalized spacial score (nSPS) is 18.7. The number of hydrogen-bond donors (Lipinski definition) is 2. The molecule has 2 rings (SSSR count). The van der Waals surface area contributed by atoms with Gasteiger partial charge in [0.25, 0.3) is 0 Å². The highest BCUT2D eigenvalue weighted by Crippen LogP contribution is 2.19. The summed E-state index contributed by atoms with van der Waals surface area (Å²) in [5.41, 5.74) is 6.16. The molecule has 1 aromatic carbocycles. The Labute approximate surface area is 120 Å². The van der Waals surface area contributed by atoms with Gasteiger partial charge < -0.3 is 20.7 Å². The topological polar surface area (TPSA) is 67.6 Å². The molecule has 1 aromatic rings. The minimum atomic E-state index is -0.0211. The quantitative estimate of drug-likeness (QED) is 0.887. The Morgan fingerprint density at radius 1 is 1.45 bits per heavy atom. The number of carbonyl (C=O) groups excluding carboxylic acids is 1. The smallest absolute Gasteiger partial charge is 0.321 e. The Hall–Kier alpha value is -1.75. The largest absolute Gasteiger partial charge is 0.492 e. The molecule has 0 radical (unpaired) electrons. The number of rotatable bonds is 4. The molecule has 5 heteroatoms. The van der Waals surface area contributed by atoms with E-state index in [9.17, 15) is 4.79 Å². The van der Waals surface area contributed by atoms with Crippen molar-refractivity contribution >= 4 is 11.7 Å². The zero-order valence-electron chi connectivity index (χ0n) is 12.0. The van der Waals surface area contributed by atoms with Gasteiger partial charge in [0.1, 0.15) is 12.4 Å². The molecule has 1 atom stereocenters. The van der Waals surface area contributed by atoms with Gasteiger partial charge in [-0.15, -0.1) is 0 Å². The number of hydrogen-bond acceptors (Lipinski definition) is 3. The third-order valence-electron chi connectivity index (χ3n) is 3.44. The van der Waals surface area contributed by atoms with Gasteiger partial charge in [-0.3, -0.25) is 0 Å². The number of benzene rings is 1. The van der Waals surface area contributed by atoms with Crippen LogP contribution in [0.3, 0.4) is 0 Å². The summed E-state index contributed by atoms with van der Waals surface area (Å²) in [5.74, 6) is 1.35. The number of nitrogens with zero attached hydrogens (tertiary/aromatic N) is 1. The predicted octanol–water partition coefficient (Wildman–Crippen LogP) is 2.29. The van der Waals surface area contributed by atoms with Gasteiger partial charge in [0.15, 0.2) is 0 Å². The lowest BCUT2D eigenvalue weighted by Gasteiger charge is -2.30. The summed E-state index contributed by atoms with van der Waals surface area (Å²) in [6, 6.07) is 7.34. The first-order valence-corrected chi connectivity index (χ1v) is 7.18. The van der Waals surface area contributed by atoms with Crippen molar-refractivity contribution in [2.45, 2.75) is 19.8 Å². The summed E-state index contributed by atoms with van der Waals surface area (Å²) < 4.78 is 5.40. The number of amides is 2. The van der Waals surface area contributed by atoms with Gasteiger partial charge >= 0.3 is 6.03 Å². The van der Waals surface area contributed by atoms with E-state index in [1.165, 1.54) is 6.42 Å². The zero-order valence-corrected chi connectivity index (χ0v) is 12.0. The van der Waals surface area contributed by atoms with E-state index in [-0.39, 0.29) is 6.03 Å². The van der Waals surface area contributed by atoms with E-state index in [0.717, 1.165) is 30.9 Å². The molecule has 0 aliphatic carbocycles. The lowest BCUT2D eigenvalue weighted by Crippen LogP contribution is -2.41. The van der Waals surface area contributed by atoms with Crippen LogP contribution >= 0.6 is 0 Å². The van der Waals surface area contributed by atoms with Crippen molar-refractivity contribution in [3.63, 3.8) is 0 Å². The summed E-state index contributed by atoms with van der Waals surface area (Å²) in [5, 5.41) is 2.92. The molecular formula is C15H23N3O2. The van der Waals surface area contributed by atoms with E-state index in [4.69, 9.17) is 10.5 Å². The van der Waals surface area contributed by atoms with Crippen LogP contribution in [0.4, 0.5) is 10.5 Å². The molecule has 0 saturated carbocycles. The standard InChI is InChI=1S/C15H23N3O2/c1-12-3-2-9-18(11-12)15(19)17-13-4-6-14(7-5-13)20-10-8-16/h4-7,12H,2-3,8-11,16H2,1H3,(H,17,19). The van der Waals surface area contributed by atoms with Gasteiger partial charge in [0, 0.05) is 25.3 Å². The van der Waals surface area contributed by atoms with Crippen molar-refractivity contribution in [1.82, 2.24) is 4.90 Å². The third kappa shape index (κ3) is 4.13. The number of likely N-dealkylation sites (tertiary alicyclic amines) is 1. The van der Waals surface area contributed by atoms with Crippen LogP contribution in [0.2, 0.25) is 0 Å². The van der Waals surface area contributed by atoms with Crippen LogP contribution in [0.5, 0.6) is 5.75 Å². The molecule has 1 saturated heterocycles. The molecule has 1 fully saturated rings. The molecule has 1 heterocycles. The molecule has 1 unspecified atom stereocenters. The summed E-state index contributed by atoms with van der Waals surface area (Å²) in [7, 11) is 0. The SMILES string of the molecule is CC1CCCN(C(=O)Nc2ccc(OCCN)cc2)C1. The van der Waals surface area contributed by atoms with Crippen molar-refractivity contribution in [2.75, 3.05) is 31.6 Å². The zero-order chi connectivity index (χ0) is 14.4. The highest BCUT2D eigenvalue weighted by Gasteiger charge is 2.20. The fraction of sp³-hybridized carbons (Fsp3) is 0.533. The Bertz CT molecular complexity index is 433. The number of ether oxygens (including phenoxy) is 1. The number of carbonyl (C=O) groups is 1. The molecule has 0 spiro atoms. The third-order valence-corrected chi connectivity index (χ3v) is 3.44. The number of piperidine rings is 1. The van der Waals surface area contributed by atoms with Crippen LogP contribution in [0, 0.1) is 5.92 Å². The Morgan fingerprint density at radius 2 is 2.20 bits per heavy atom. The lowest BCUT2D eigenvalue weighted by molar-refractivity contribution is 0.182. The summed E-state index contributed by atoms with van der Waals surface area (Å²) >= 11 is 0. The fourth-order valence-corrected chi connectivity index (χ4v) is 2.39. The fourth-order valence-electron chi connectivity index (χ4n) is 2.39. The van der Waals surface area contributed by atoms with Crippen molar-refractivity contribution in [1.29, 1.82) is 0 Å². The van der Waals surface area contributed by atoms with Crippen LogP contribution < -0.4 is 15.8 Å². The Balaban J connectivity index is 1.87. The molecule has 1 aliphatic rings. The van der Waals surface area contributed by atoms with Gasteiger partial charge in [0.2, 0.25) is 0 Å². The van der Waals surface area contributed by atoms with E-state index in [1.54, 1.807) is 0 Å². The average molecular weight is 277 g/mol. The number of nitrogens with one attached hydrogen (secondary N) is 1. The first kappa shape index (κ1) is 14.7. The molecule has 3 N–H and O–H groups in total. The van der Waals surface area contributed by atoms with Crippen LogP contribution in [0.15, 0.2) is 24.3 Å². The predicted molar refractivity (Wildman–Crippen MR) is 80.0 cm³/mol. The average Bonchev–Trinajstić information content (AvgIpc) is 2.46. The van der Waals surface area contributed by atoms with E-state index < -0.39 is 0 Å². The van der Waals surface area contributed by atoms with Crippen molar-refractivity contribution in [2.24, 2.45) is 11.7 Å².